The van der Waals surface area contributed by atoms with Crippen molar-refractivity contribution in [3.05, 3.63) is 35.7 Å². The Labute approximate surface area is 114 Å². The summed E-state index contributed by atoms with van der Waals surface area (Å²) < 4.78 is 7.41. The molecular formula is C14H22N4O. The van der Waals surface area contributed by atoms with E-state index in [0.717, 1.165) is 38.2 Å². The molecular weight excluding hydrogens is 240 g/mol. The number of rotatable bonds is 8. The third kappa shape index (κ3) is 3.92. The number of nitrogens with zero attached hydrogens (tertiary/aromatic N) is 3. The molecule has 0 amide bonds. The van der Waals surface area contributed by atoms with Crippen molar-refractivity contribution in [3.8, 4) is 0 Å². The standard InChI is InChI=1S/C14H22N4O/c1-3-6-13-16-14(19-17-13)11-18-9-5-7-12(18)10-15-8-4-2/h5,7,9,15H,3-4,6,8,10-11H2,1-2H3. The SMILES string of the molecule is CCCNCc1cccn1Cc1nc(CCC)no1. The fourth-order valence-electron chi connectivity index (χ4n) is 1.98. The molecule has 0 radical (unpaired) electrons. The summed E-state index contributed by atoms with van der Waals surface area (Å²) in [6.07, 6.45) is 5.10. The van der Waals surface area contributed by atoms with Gasteiger partial charge in [0.25, 0.3) is 0 Å². The summed E-state index contributed by atoms with van der Waals surface area (Å²) in [6, 6.07) is 4.16. The lowest BCUT2D eigenvalue weighted by Crippen LogP contribution is -2.17. The van der Waals surface area contributed by atoms with Gasteiger partial charge in [-0.05, 0) is 31.5 Å². The van der Waals surface area contributed by atoms with Gasteiger partial charge in [0.15, 0.2) is 5.82 Å². The second kappa shape index (κ2) is 7.09. The van der Waals surface area contributed by atoms with E-state index in [4.69, 9.17) is 4.52 Å². The topological polar surface area (TPSA) is 55.9 Å². The van der Waals surface area contributed by atoms with Crippen LogP contribution < -0.4 is 5.32 Å². The highest BCUT2D eigenvalue weighted by atomic mass is 16.5. The van der Waals surface area contributed by atoms with Crippen LogP contribution in [0.5, 0.6) is 0 Å². The zero-order valence-corrected chi connectivity index (χ0v) is 11.7. The van der Waals surface area contributed by atoms with Gasteiger partial charge in [0.1, 0.15) is 6.54 Å². The number of nitrogens with one attached hydrogen (secondary N) is 1. The van der Waals surface area contributed by atoms with Crippen molar-refractivity contribution in [1.82, 2.24) is 20.0 Å². The molecule has 0 aliphatic carbocycles. The molecule has 0 aliphatic rings. The van der Waals surface area contributed by atoms with Crippen LogP contribution in [0.15, 0.2) is 22.9 Å². The smallest absolute Gasteiger partial charge is 0.246 e. The van der Waals surface area contributed by atoms with Crippen LogP contribution in [0.1, 0.15) is 44.1 Å². The van der Waals surface area contributed by atoms with Gasteiger partial charge < -0.3 is 14.4 Å². The van der Waals surface area contributed by atoms with Gasteiger partial charge in [0.2, 0.25) is 5.89 Å². The van der Waals surface area contributed by atoms with E-state index in [1.54, 1.807) is 0 Å². The molecule has 0 saturated heterocycles. The summed E-state index contributed by atoms with van der Waals surface area (Å²) in [4.78, 5) is 4.39. The maximum atomic E-state index is 5.27. The second-order valence-electron chi connectivity index (χ2n) is 4.66. The lowest BCUT2D eigenvalue weighted by atomic mass is 10.3. The van der Waals surface area contributed by atoms with Crippen LogP contribution in [0.3, 0.4) is 0 Å². The highest BCUT2D eigenvalue weighted by Crippen LogP contribution is 2.07. The summed E-state index contributed by atoms with van der Waals surface area (Å²) in [5.74, 6) is 1.48. The number of aromatic nitrogens is 3. The predicted molar refractivity (Wildman–Crippen MR) is 73.8 cm³/mol. The average Bonchev–Trinajstić information content (AvgIpc) is 3.01. The van der Waals surface area contributed by atoms with E-state index in [-0.39, 0.29) is 0 Å². The van der Waals surface area contributed by atoms with E-state index in [9.17, 15) is 0 Å². The van der Waals surface area contributed by atoms with Crippen molar-refractivity contribution in [3.63, 3.8) is 0 Å². The van der Waals surface area contributed by atoms with Crippen molar-refractivity contribution < 1.29 is 4.52 Å². The summed E-state index contributed by atoms with van der Waals surface area (Å²) in [5, 5.41) is 7.38. The predicted octanol–water partition coefficient (Wildman–Crippen LogP) is 2.37. The lowest BCUT2D eigenvalue weighted by Gasteiger charge is -2.07. The third-order valence-corrected chi connectivity index (χ3v) is 2.95. The Balaban J connectivity index is 1.96. The van der Waals surface area contributed by atoms with Crippen molar-refractivity contribution in [2.75, 3.05) is 6.54 Å². The van der Waals surface area contributed by atoms with E-state index in [1.165, 1.54) is 5.69 Å². The summed E-state index contributed by atoms with van der Waals surface area (Å²) in [5.41, 5.74) is 1.24. The zero-order valence-electron chi connectivity index (χ0n) is 11.7. The van der Waals surface area contributed by atoms with Crippen LogP contribution in [0.4, 0.5) is 0 Å². The van der Waals surface area contributed by atoms with Gasteiger partial charge >= 0.3 is 0 Å². The molecule has 0 aliphatic heterocycles. The molecule has 0 bridgehead atoms. The summed E-state index contributed by atoms with van der Waals surface area (Å²) in [7, 11) is 0. The molecule has 0 fully saturated rings. The van der Waals surface area contributed by atoms with Crippen molar-refractivity contribution in [2.24, 2.45) is 0 Å². The van der Waals surface area contributed by atoms with Gasteiger partial charge in [0.05, 0.1) is 0 Å². The molecule has 5 heteroatoms. The Kier molecular flexibility index (Phi) is 5.15. The number of hydrogen-bond donors (Lipinski definition) is 1. The normalized spacial score (nSPS) is 11.1. The van der Waals surface area contributed by atoms with Crippen LogP contribution >= 0.6 is 0 Å². The minimum Gasteiger partial charge on any atom is -0.341 e. The van der Waals surface area contributed by atoms with Crippen LogP contribution in [-0.2, 0) is 19.5 Å². The Bertz CT molecular complexity index is 489. The Morgan fingerprint density at radius 1 is 1.32 bits per heavy atom. The molecule has 0 saturated carbocycles. The highest BCUT2D eigenvalue weighted by molar-refractivity contribution is 5.08. The Morgan fingerprint density at radius 3 is 3.00 bits per heavy atom. The fraction of sp³-hybridized carbons (Fsp3) is 0.571. The molecule has 104 valence electrons. The maximum Gasteiger partial charge on any atom is 0.246 e. The van der Waals surface area contributed by atoms with Crippen molar-refractivity contribution >= 4 is 0 Å². The van der Waals surface area contributed by atoms with E-state index in [1.807, 2.05) is 12.3 Å². The molecule has 2 heterocycles. The van der Waals surface area contributed by atoms with E-state index in [0.29, 0.717) is 12.4 Å². The molecule has 0 atom stereocenters. The van der Waals surface area contributed by atoms with Crippen LogP contribution in [0, 0.1) is 0 Å². The molecule has 5 nitrogen and oxygen atoms in total. The van der Waals surface area contributed by atoms with Gasteiger partial charge in [-0.25, -0.2) is 0 Å². The first-order chi connectivity index (χ1) is 9.33. The van der Waals surface area contributed by atoms with Crippen LogP contribution in [0.2, 0.25) is 0 Å². The first-order valence-electron chi connectivity index (χ1n) is 6.99. The second-order valence-corrected chi connectivity index (χ2v) is 4.66. The fourth-order valence-corrected chi connectivity index (χ4v) is 1.98. The molecule has 2 aromatic rings. The van der Waals surface area contributed by atoms with Crippen molar-refractivity contribution in [2.45, 2.75) is 46.2 Å². The quantitative estimate of drug-likeness (QED) is 0.742. The zero-order chi connectivity index (χ0) is 13.5. The third-order valence-electron chi connectivity index (χ3n) is 2.95. The molecule has 0 aromatic carbocycles. The molecule has 2 aromatic heterocycles. The Hall–Kier alpha value is -1.62. The lowest BCUT2D eigenvalue weighted by molar-refractivity contribution is 0.364. The van der Waals surface area contributed by atoms with Gasteiger partial charge in [-0.3, -0.25) is 0 Å². The van der Waals surface area contributed by atoms with Crippen molar-refractivity contribution in [1.29, 1.82) is 0 Å². The highest BCUT2D eigenvalue weighted by Gasteiger charge is 2.08. The largest absolute Gasteiger partial charge is 0.341 e. The maximum absolute atomic E-state index is 5.27. The van der Waals surface area contributed by atoms with Crippen LogP contribution in [0.25, 0.3) is 0 Å². The van der Waals surface area contributed by atoms with Gasteiger partial charge in [-0.1, -0.05) is 19.0 Å². The molecule has 0 spiro atoms. The molecule has 19 heavy (non-hydrogen) atoms. The number of aryl methyl sites for hydroxylation is 1. The minimum atomic E-state index is 0.646. The number of hydrogen-bond acceptors (Lipinski definition) is 4. The van der Waals surface area contributed by atoms with Gasteiger partial charge in [-0.2, -0.15) is 4.98 Å². The van der Waals surface area contributed by atoms with Crippen LogP contribution in [-0.4, -0.2) is 21.3 Å². The van der Waals surface area contributed by atoms with Gasteiger partial charge in [-0.15, -0.1) is 0 Å². The summed E-state index contributed by atoms with van der Waals surface area (Å²) in [6.45, 7) is 6.83. The van der Waals surface area contributed by atoms with E-state index < -0.39 is 0 Å². The average molecular weight is 262 g/mol. The van der Waals surface area contributed by atoms with E-state index in [2.05, 4.69) is 39.9 Å². The van der Waals surface area contributed by atoms with Gasteiger partial charge in [0, 0.05) is 24.9 Å². The first kappa shape index (κ1) is 13.8. The Morgan fingerprint density at radius 2 is 2.21 bits per heavy atom. The molecule has 2 rings (SSSR count). The monoisotopic (exact) mass is 262 g/mol. The minimum absolute atomic E-state index is 0.646. The van der Waals surface area contributed by atoms with E-state index >= 15 is 0 Å². The molecule has 0 unspecified atom stereocenters. The first-order valence-corrected chi connectivity index (χ1v) is 6.99. The summed E-state index contributed by atoms with van der Waals surface area (Å²) >= 11 is 0. The molecule has 1 N–H and O–H groups in total.